The molecule has 0 radical (unpaired) electrons. The Bertz CT molecular complexity index is 1550. The van der Waals surface area contributed by atoms with E-state index in [9.17, 15) is 41.1 Å². The fraction of sp³-hybridized carbons (Fsp3) is 0.618. The van der Waals surface area contributed by atoms with Crippen molar-refractivity contribution < 1.29 is 45.9 Å². The third-order valence-corrected chi connectivity index (χ3v) is 10.7. The maximum absolute atomic E-state index is 14.2. The van der Waals surface area contributed by atoms with Crippen LogP contribution >= 0.6 is 11.3 Å². The molecule has 0 aliphatic carbocycles. The molecule has 0 spiro atoms. The number of nitrogens with one attached hydrogen (secondary N) is 2. The summed E-state index contributed by atoms with van der Waals surface area (Å²) >= 11 is 0.882. The Morgan fingerprint density at radius 2 is 1.64 bits per heavy atom. The number of nitrogens with zero attached hydrogens (tertiary/aromatic N) is 3. The first-order valence-electron chi connectivity index (χ1n) is 16.6. The minimum absolute atomic E-state index is 0.00880. The summed E-state index contributed by atoms with van der Waals surface area (Å²) in [5.74, 6) is -16.0. The molecule has 0 bridgehead atoms. The molecule has 5 atom stereocenters. The second-order valence-electron chi connectivity index (χ2n) is 13.3. The molecule has 50 heavy (non-hydrogen) atoms. The molecular weight excluding hydrogens is 685 g/mol. The summed E-state index contributed by atoms with van der Waals surface area (Å²) in [5.41, 5.74) is -1.16. The lowest BCUT2D eigenvalue weighted by Gasteiger charge is -2.38. The number of benzene rings is 1. The van der Waals surface area contributed by atoms with Crippen molar-refractivity contribution in [2.75, 3.05) is 27.2 Å². The fourth-order valence-corrected chi connectivity index (χ4v) is 7.03. The predicted octanol–water partition coefficient (Wildman–Crippen LogP) is 6.40. The molecule has 3 amide bonds. The van der Waals surface area contributed by atoms with Crippen molar-refractivity contribution in [2.45, 2.75) is 91.3 Å². The lowest BCUT2D eigenvalue weighted by Crippen LogP contribution is -2.50. The monoisotopic (exact) mass is 731 g/mol. The van der Waals surface area contributed by atoms with Gasteiger partial charge in [-0.1, -0.05) is 34.1 Å². The van der Waals surface area contributed by atoms with Crippen molar-refractivity contribution in [1.29, 1.82) is 0 Å². The van der Waals surface area contributed by atoms with Gasteiger partial charge < -0.3 is 20.3 Å². The number of carbonyl (C=O) groups is 4. The van der Waals surface area contributed by atoms with Crippen LogP contribution in [-0.4, -0.2) is 77.2 Å². The number of amides is 3. The van der Waals surface area contributed by atoms with Gasteiger partial charge in [-0.15, -0.1) is 11.3 Å². The van der Waals surface area contributed by atoms with E-state index in [1.165, 1.54) is 0 Å². The minimum Gasteiger partial charge on any atom is -0.415 e. The number of ether oxygens (including phenoxy) is 1. The number of rotatable bonds is 15. The second-order valence-corrected chi connectivity index (χ2v) is 14.2. The fourth-order valence-electron chi connectivity index (χ4n) is 6.18. The lowest BCUT2D eigenvalue weighted by molar-refractivity contribution is -0.143. The molecule has 2 aromatic rings. The highest BCUT2D eigenvalue weighted by atomic mass is 32.1. The number of halogens is 5. The molecule has 0 unspecified atom stereocenters. The van der Waals surface area contributed by atoms with Crippen LogP contribution in [0.3, 0.4) is 0 Å². The van der Waals surface area contributed by atoms with Gasteiger partial charge in [0.1, 0.15) is 5.01 Å². The first-order valence-corrected chi connectivity index (χ1v) is 17.5. The highest BCUT2D eigenvalue weighted by Crippen LogP contribution is 2.35. The lowest BCUT2D eigenvalue weighted by atomic mass is 9.80. The summed E-state index contributed by atoms with van der Waals surface area (Å²) in [5, 5.41) is 6.70. The number of likely N-dealkylation sites (tertiary alicyclic amines) is 1. The Kier molecular flexibility index (Phi) is 13.9. The van der Waals surface area contributed by atoms with Gasteiger partial charge in [0.25, 0.3) is 0 Å². The molecule has 2 N–H and O–H groups in total. The van der Waals surface area contributed by atoms with Gasteiger partial charge in [0.15, 0.2) is 11.5 Å². The van der Waals surface area contributed by atoms with Crippen molar-refractivity contribution in [3.8, 4) is 5.75 Å². The van der Waals surface area contributed by atoms with E-state index in [1.54, 1.807) is 18.9 Å². The van der Waals surface area contributed by atoms with Crippen molar-refractivity contribution in [3.63, 3.8) is 0 Å². The van der Waals surface area contributed by atoms with E-state index in [4.69, 9.17) is 0 Å². The third-order valence-electron chi connectivity index (χ3n) is 9.78. The molecule has 1 aromatic carbocycles. The average molecular weight is 732 g/mol. The Labute approximate surface area is 293 Å². The quantitative estimate of drug-likeness (QED) is 0.0716. The van der Waals surface area contributed by atoms with Gasteiger partial charge in [0.2, 0.25) is 40.7 Å². The standard InChI is InChI=1S/C34H46F5N5O5S/c1-9-18(5)19(14-23(45)34(6)12-11-13-43(34)7)31(46)44(8)22(17(3)4)15-20(42-33(48)40-10-2)30-41-21(16-50-30)32(47)49-29-27(38)25(36)24(35)26(37)28(29)39/h16-20,22H,9-15H2,1-8H3,(H2,40,42,48)/t18-,19-,20+,22+,34+/m0/s1. The first-order chi connectivity index (χ1) is 23.4. The Hall–Kier alpha value is -3.66. The van der Waals surface area contributed by atoms with E-state index in [0.29, 0.717) is 12.8 Å². The second kappa shape index (κ2) is 17.0. The van der Waals surface area contributed by atoms with Crippen molar-refractivity contribution in [1.82, 2.24) is 25.4 Å². The molecule has 278 valence electrons. The van der Waals surface area contributed by atoms with Crippen LogP contribution in [0, 0.1) is 46.8 Å². The number of carbonyl (C=O) groups excluding carboxylic acids is 4. The average Bonchev–Trinajstić information content (AvgIpc) is 3.71. The number of hydrogen-bond donors (Lipinski definition) is 2. The SMILES string of the molecule is CCNC(=O)N[C@H](C[C@H](C(C)C)N(C)C(=O)[C@@H](CC(=O)[C@@]1(C)CCCN1C)[C@@H](C)CC)c1nc(C(=O)Oc2c(F)c(F)c(F)c(F)c2F)cs1. The van der Waals surface area contributed by atoms with Crippen LogP contribution in [0.2, 0.25) is 0 Å². The molecule has 1 fully saturated rings. The normalized spacial score (nSPS) is 18.8. The zero-order chi connectivity index (χ0) is 37.7. The van der Waals surface area contributed by atoms with Crippen LogP contribution < -0.4 is 15.4 Å². The summed E-state index contributed by atoms with van der Waals surface area (Å²) in [6.07, 6.45) is 2.46. The zero-order valence-corrected chi connectivity index (χ0v) is 30.4. The van der Waals surface area contributed by atoms with Crippen LogP contribution in [0.25, 0.3) is 0 Å². The van der Waals surface area contributed by atoms with E-state index in [1.807, 2.05) is 46.6 Å². The topological polar surface area (TPSA) is 121 Å². The number of urea groups is 1. The Morgan fingerprint density at radius 3 is 2.16 bits per heavy atom. The Morgan fingerprint density at radius 1 is 1.04 bits per heavy atom. The smallest absolute Gasteiger partial charge is 0.363 e. The molecule has 1 aromatic heterocycles. The van der Waals surface area contributed by atoms with Crippen molar-refractivity contribution >= 4 is 35.0 Å². The van der Waals surface area contributed by atoms with Gasteiger partial charge in [-0.25, -0.2) is 27.7 Å². The van der Waals surface area contributed by atoms with Gasteiger partial charge in [-0.2, -0.15) is 8.78 Å². The maximum atomic E-state index is 14.2. The van der Waals surface area contributed by atoms with E-state index >= 15 is 0 Å². The predicted molar refractivity (Wildman–Crippen MR) is 177 cm³/mol. The Balaban J connectivity index is 1.91. The molecule has 16 heteroatoms. The van der Waals surface area contributed by atoms with Gasteiger partial charge in [0, 0.05) is 37.4 Å². The third kappa shape index (κ3) is 8.79. The molecule has 2 heterocycles. The van der Waals surface area contributed by atoms with Gasteiger partial charge >= 0.3 is 12.0 Å². The molecular formula is C34H46F5N5O5S. The number of ketones is 1. The van der Waals surface area contributed by atoms with Crippen LogP contribution in [-0.2, 0) is 9.59 Å². The van der Waals surface area contributed by atoms with Gasteiger partial charge in [-0.3, -0.25) is 14.5 Å². The first kappa shape index (κ1) is 40.8. The van der Waals surface area contributed by atoms with Gasteiger partial charge in [-0.05, 0) is 58.5 Å². The molecule has 10 nitrogen and oxygen atoms in total. The van der Waals surface area contributed by atoms with Gasteiger partial charge in [0.05, 0.1) is 11.6 Å². The summed E-state index contributed by atoms with van der Waals surface area (Å²) in [4.78, 5) is 61.1. The number of thiazole rings is 1. The maximum Gasteiger partial charge on any atom is 0.363 e. The van der Waals surface area contributed by atoms with Crippen LogP contribution in [0.5, 0.6) is 5.75 Å². The largest absolute Gasteiger partial charge is 0.415 e. The van der Waals surface area contributed by atoms with E-state index in [-0.39, 0.29) is 47.9 Å². The van der Waals surface area contributed by atoms with E-state index in [2.05, 4.69) is 20.4 Å². The zero-order valence-electron chi connectivity index (χ0n) is 29.6. The summed E-state index contributed by atoms with van der Waals surface area (Å²) < 4.78 is 73.7. The number of hydrogen-bond acceptors (Lipinski definition) is 8. The molecule has 3 rings (SSSR count). The highest BCUT2D eigenvalue weighted by molar-refractivity contribution is 7.09. The van der Waals surface area contributed by atoms with Crippen LogP contribution in [0.4, 0.5) is 26.7 Å². The number of esters is 1. The number of aromatic nitrogens is 1. The summed E-state index contributed by atoms with van der Waals surface area (Å²) in [6.45, 7) is 12.4. The molecule has 1 aliphatic heterocycles. The van der Waals surface area contributed by atoms with Crippen molar-refractivity contribution in [2.24, 2.45) is 17.8 Å². The summed E-state index contributed by atoms with van der Waals surface area (Å²) in [6, 6.07) is -1.99. The van der Waals surface area contributed by atoms with E-state index < -0.39 is 76.1 Å². The molecule has 1 aliphatic rings. The number of Topliss-reactive ketones (excluding diaryl/α,β-unsaturated/α-hetero) is 1. The van der Waals surface area contributed by atoms with E-state index in [0.717, 1.165) is 29.7 Å². The number of likely N-dealkylation sites (N-methyl/N-ethyl adjacent to an activating group) is 1. The highest BCUT2D eigenvalue weighted by Gasteiger charge is 2.44. The summed E-state index contributed by atoms with van der Waals surface area (Å²) in [7, 11) is 3.56. The molecule has 0 saturated carbocycles. The van der Waals surface area contributed by atoms with Crippen LogP contribution in [0.15, 0.2) is 5.38 Å². The van der Waals surface area contributed by atoms with Crippen molar-refractivity contribution in [3.05, 3.63) is 45.2 Å². The minimum atomic E-state index is -2.41. The van der Waals surface area contributed by atoms with Crippen LogP contribution in [0.1, 0.15) is 95.2 Å². The molecule has 1 saturated heterocycles.